The highest BCUT2D eigenvalue weighted by atomic mass is 19.1. The molecule has 0 saturated carbocycles. The standard InChI is InChI=1S/C9H11FN2O2/c1-4-7(9(13)14-2)5(11)3-6(12)8(4)10/h3H,11-12H2,1-2H3. The lowest BCUT2D eigenvalue weighted by atomic mass is 10.0. The zero-order valence-corrected chi connectivity index (χ0v) is 7.93. The number of anilines is 2. The molecular formula is C9H11FN2O2. The van der Waals surface area contributed by atoms with Crippen molar-refractivity contribution in [2.24, 2.45) is 0 Å². The molecule has 0 aliphatic heterocycles. The lowest BCUT2D eigenvalue weighted by Gasteiger charge is -2.09. The summed E-state index contributed by atoms with van der Waals surface area (Å²) in [5.41, 5.74) is 11.0. The third kappa shape index (κ3) is 1.48. The van der Waals surface area contributed by atoms with Crippen LogP contribution in [0, 0.1) is 12.7 Å². The minimum atomic E-state index is -0.668. The minimum Gasteiger partial charge on any atom is -0.465 e. The van der Waals surface area contributed by atoms with Crippen molar-refractivity contribution in [2.75, 3.05) is 18.6 Å². The predicted molar refractivity (Wildman–Crippen MR) is 51.3 cm³/mol. The molecule has 0 spiro atoms. The van der Waals surface area contributed by atoms with Gasteiger partial charge < -0.3 is 16.2 Å². The maximum atomic E-state index is 13.3. The molecule has 0 aliphatic rings. The Morgan fingerprint density at radius 2 is 2.00 bits per heavy atom. The van der Waals surface area contributed by atoms with E-state index in [0.29, 0.717) is 0 Å². The van der Waals surface area contributed by atoms with Gasteiger partial charge in [0.2, 0.25) is 0 Å². The molecule has 0 atom stereocenters. The summed E-state index contributed by atoms with van der Waals surface area (Å²) >= 11 is 0. The number of methoxy groups -OCH3 is 1. The fraction of sp³-hybridized carbons (Fsp3) is 0.222. The van der Waals surface area contributed by atoms with Gasteiger partial charge in [-0.1, -0.05) is 0 Å². The van der Waals surface area contributed by atoms with Crippen molar-refractivity contribution in [1.82, 2.24) is 0 Å². The average Bonchev–Trinajstić information content (AvgIpc) is 2.14. The highest BCUT2D eigenvalue weighted by molar-refractivity contribution is 5.97. The molecule has 0 saturated heterocycles. The average molecular weight is 198 g/mol. The SMILES string of the molecule is COC(=O)c1c(N)cc(N)c(F)c1C. The van der Waals surface area contributed by atoms with Gasteiger partial charge in [-0.2, -0.15) is 0 Å². The van der Waals surface area contributed by atoms with Gasteiger partial charge in [-0.3, -0.25) is 0 Å². The second-order valence-corrected chi connectivity index (χ2v) is 2.86. The Hall–Kier alpha value is -1.78. The van der Waals surface area contributed by atoms with E-state index in [1.807, 2.05) is 0 Å². The molecule has 76 valence electrons. The number of rotatable bonds is 1. The summed E-state index contributed by atoms with van der Waals surface area (Å²) in [7, 11) is 1.20. The number of halogens is 1. The van der Waals surface area contributed by atoms with Gasteiger partial charge in [0.05, 0.1) is 18.4 Å². The van der Waals surface area contributed by atoms with Crippen LogP contribution in [0.2, 0.25) is 0 Å². The van der Waals surface area contributed by atoms with E-state index in [4.69, 9.17) is 11.5 Å². The summed E-state index contributed by atoms with van der Waals surface area (Å²) in [6, 6.07) is 1.20. The van der Waals surface area contributed by atoms with Crippen LogP contribution in [-0.2, 0) is 4.74 Å². The van der Waals surface area contributed by atoms with Crippen LogP contribution in [0.1, 0.15) is 15.9 Å². The summed E-state index contributed by atoms with van der Waals surface area (Å²) in [6.45, 7) is 1.42. The van der Waals surface area contributed by atoms with E-state index in [1.54, 1.807) is 0 Å². The Balaban J connectivity index is 3.44. The van der Waals surface area contributed by atoms with Crippen LogP contribution in [0.25, 0.3) is 0 Å². The minimum absolute atomic E-state index is 0.0270. The van der Waals surface area contributed by atoms with Gasteiger partial charge in [0.1, 0.15) is 5.82 Å². The van der Waals surface area contributed by atoms with Crippen LogP contribution in [-0.4, -0.2) is 13.1 Å². The number of hydrogen-bond donors (Lipinski definition) is 2. The molecule has 14 heavy (non-hydrogen) atoms. The second kappa shape index (κ2) is 3.53. The first-order valence-electron chi connectivity index (χ1n) is 3.91. The van der Waals surface area contributed by atoms with Crippen LogP contribution in [0.15, 0.2) is 6.07 Å². The van der Waals surface area contributed by atoms with Crippen molar-refractivity contribution in [3.8, 4) is 0 Å². The van der Waals surface area contributed by atoms with Crippen LogP contribution in [0.3, 0.4) is 0 Å². The smallest absolute Gasteiger partial charge is 0.340 e. The number of hydrogen-bond acceptors (Lipinski definition) is 4. The predicted octanol–water partition coefficient (Wildman–Crippen LogP) is 1.09. The van der Waals surface area contributed by atoms with Gasteiger partial charge in [-0.15, -0.1) is 0 Å². The number of nitrogens with two attached hydrogens (primary N) is 2. The Morgan fingerprint density at radius 1 is 1.43 bits per heavy atom. The summed E-state index contributed by atoms with van der Waals surface area (Å²) in [5.74, 6) is -1.31. The Morgan fingerprint density at radius 3 is 2.50 bits per heavy atom. The molecule has 0 radical (unpaired) electrons. The van der Waals surface area contributed by atoms with Crippen molar-refractivity contribution < 1.29 is 13.9 Å². The lowest BCUT2D eigenvalue weighted by Crippen LogP contribution is -2.11. The number of carbonyl (C=O) groups is 1. The maximum Gasteiger partial charge on any atom is 0.340 e. The van der Waals surface area contributed by atoms with Gasteiger partial charge in [0.15, 0.2) is 0 Å². The molecule has 0 aromatic heterocycles. The number of benzene rings is 1. The Bertz CT molecular complexity index is 391. The van der Waals surface area contributed by atoms with Gasteiger partial charge in [-0.05, 0) is 13.0 Å². The molecule has 1 aromatic carbocycles. The van der Waals surface area contributed by atoms with E-state index in [9.17, 15) is 9.18 Å². The van der Waals surface area contributed by atoms with Crippen molar-refractivity contribution in [3.63, 3.8) is 0 Å². The molecule has 4 N–H and O–H groups in total. The van der Waals surface area contributed by atoms with Crippen LogP contribution in [0.5, 0.6) is 0 Å². The van der Waals surface area contributed by atoms with Crippen molar-refractivity contribution in [3.05, 3.63) is 23.0 Å². The first kappa shape index (κ1) is 10.3. The van der Waals surface area contributed by atoms with Gasteiger partial charge >= 0.3 is 5.97 Å². The topological polar surface area (TPSA) is 78.3 Å². The summed E-state index contributed by atoms with van der Waals surface area (Å²) in [4.78, 5) is 11.2. The Kier molecular flexibility index (Phi) is 2.60. The van der Waals surface area contributed by atoms with Crippen LogP contribution >= 0.6 is 0 Å². The normalized spacial score (nSPS) is 9.93. The third-order valence-corrected chi connectivity index (χ3v) is 1.95. The third-order valence-electron chi connectivity index (χ3n) is 1.95. The largest absolute Gasteiger partial charge is 0.465 e. The molecule has 0 aliphatic carbocycles. The quantitative estimate of drug-likeness (QED) is 0.523. The van der Waals surface area contributed by atoms with Gasteiger partial charge in [0.25, 0.3) is 0 Å². The first-order chi connectivity index (χ1) is 6.49. The number of ether oxygens (including phenoxy) is 1. The number of nitrogen functional groups attached to an aromatic ring is 2. The molecule has 0 bridgehead atoms. The molecule has 5 heteroatoms. The monoisotopic (exact) mass is 198 g/mol. The molecule has 0 heterocycles. The zero-order valence-electron chi connectivity index (χ0n) is 7.93. The van der Waals surface area contributed by atoms with Gasteiger partial charge in [-0.25, -0.2) is 9.18 Å². The maximum absolute atomic E-state index is 13.3. The van der Waals surface area contributed by atoms with Crippen molar-refractivity contribution in [2.45, 2.75) is 6.92 Å². The van der Waals surface area contributed by atoms with E-state index in [0.717, 1.165) is 0 Å². The highest BCUT2D eigenvalue weighted by Crippen LogP contribution is 2.25. The fourth-order valence-electron chi connectivity index (χ4n) is 1.22. The Labute approximate surface area is 80.6 Å². The second-order valence-electron chi connectivity index (χ2n) is 2.86. The summed E-state index contributed by atoms with van der Waals surface area (Å²) in [6.07, 6.45) is 0. The van der Waals surface area contributed by atoms with E-state index in [-0.39, 0.29) is 22.5 Å². The summed E-state index contributed by atoms with van der Waals surface area (Å²) in [5, 5.41) is 0. The molecule has 1 aromatic rings. The first-order valence-corrected chi connectivity index (χ1v) is 3.91. The lowest BCUT2D eigenvalue weighted by molar-refractivity contribution is 0.0600. The summed E-state index contributed by atoms with van der Waals surface area (Å²) < 4.78 is 17.7. The van der Waals surface area contributed by atoms with Crippen LogP contribution in [0.4, 0.5) is 15.8 Å². The van der Waals surface area contributed by atoms with E-state index in [1.165, 1.54) is 20.1 Å². The fourth-order valence-corrected chi connectivity index (χ4v) is 1.22. The highest BCUT2D eigenvalue weighted by Gasteiger charge is 2.18. The number of carbonyl (C=O) groups excluding carboxylic acids is 1. The van der Waals surface area contributed by atoms with E-state index < -0.39 is 11.8 Å². The number of esters is 1. The molecular weight excluding hydrogens is 187 g/mol. The molecule has 0 fully saturated rings. The molecule has 0 unspecified atom stereocenters. The van der Waals surface area contributed by atoms with Crippen molar-refractivity contribution >= 4 is 17.3 Å². The van der Waals surface area contributed by atoms with Crippen LogP contribution < -0.4 is 11.5 Å². The molecule has 1 rings (SSSR count). The van der Waals surface area contributed by atoms with Crippen molar-refractivity contribution in [1.29, 1.82) is 0 Å². The van der Waals surface area contributed by atoms with E-state index >= 15 is 0 Å². The molecule has 4 nitrogen and oxygen atoms in total. The zero-order chi connectivity index (χ0) is 10.9. The van der Waals surface area contributed by atoms with E-state index in [2.05, 4.69) is 4.74 Å². The molecule has 0 amide bonds. The van der Waals surface area contributed by atoms with Gasteiger partial charge in [0, 0.05) is 11.3 Å².